The maximum absolute atomic E-state index is 12.8. The van der Waals surface area contributed by atoms with Crippen LogP contribution in [0.1, 0.15) is 11.6 Å². The Labute approximate surface area is 87.3 Å². The molecule has 0 aliphatic heterocycles. The first kappa shape index (κ1) is 12.1. The van der Waals surface area contributed by atoms with Crippen molar-refractivity contribution in [2.75, 3.05) is 0 Å². The van der Waals surface area contributed by atoms with E-state index in [0.717, 1.165) is 6.07 Å². The summed E-state index contributed by atoms with van der Waals surface area (Å²) in [7, 11) is 0. The third-order valence-electron chi connectivity index (χ3n) is 1.75. The normalized spacial score (nSPS) is 14.0. The molecule has 0 heterocycles. The number of phenols is 1. The zero-order valence-electron chi connectivity index (χ0n) is 7.15. The third kappa shape index (κ3) is 2.51. The van der Waals surface area contributed by atoms with Crippen molar-refractivity contribution in [3.63, 3.8) is 0 Å². The van der Waals surface area contributed by atoms with E-state index in [1.807, 2.05) is 0 Å². The number of benzene rings is 1. The molecule has 7 heteroatoms. The summed E-state index contributed by atoms with van der Waals surface area (Å²) in [5.41, 5.74) is 4.02. The highest BCUT2D eigenvalue weighted by atomic mass is 35.5. The molecule has 0 bridgehead atoms. The summed E-state index contributed by atoms with van der Waals surface area (Å²) in [4.78, 5) is 0. The maximum Gasteiger partial charge on any atom is 0.407 e. The van der Waals surface area contributed by atoms with Gasteiger partial charge >= 0.3 is 6.18 Å². The van der Waals surface area contributed by atoms with Crippen molar-refractivity contribution in [3.8, 4) is 5.75 Å². The monoisotopic (exact) mass is 243 g/mol. The van der Waals surface area contributed by atoms with E-state index in [9.17, 15) is 17.6 Å². The van der Waals surface area contributed by atoms with Gasteiger partial charge in [-0.25, -0.2) is 4.39 Å². The molecular formula is C8H6ClF4NO. The Hall–Kier alpha value is -1.01. The van der Waals surface area contributed by atoms with E-state index >= 15 is 0 Å². The van der Waals surface area contributed by atoms with Crippen molar-refractivity contribution in [1.29, 1.82) is 0 Å². The summed E-state index contributed by atoms with van der Waals surface area (Å²) in [6.45, 7) is 0. The number of aromatic hydroxyl groups is 1. The summed E-state index contributed by atoms with van der Waals surface area (Å²) in [6, 6.07) is -0.993. The number of phenolic OH excluding ortho intramolecular Hbond substituents is 1. The molecule has 1 rings (SSSR count). The SMILES string of the molecule is N[C@H](c1cc(Cl)cc(F)c1O)C(F)(F)F. The molecular weight excluding hydrogens is 238 g/mol. The van der Waals surface area contributed by atoms with E-state index in [-0.39, 0.29) is 5.02 Å². The summed E-state index contributed by atoms with van der Waals surface area (Å²) < 4.78 is 49.4. The van der Waals surface area contributed by atoms with Crippen LogP contribution in [0.3, 0.4) is 0 Å². The Bertz CT molecular complexity index is 380. The van der Waals surface area contributed by atoms with Crippen LogP contribution >= 0.6 is 11.6 Å². The highest BCUT2D eigenvalue weighted by Crippen LogP contribution is 2.37. The number of hydrogen-bond donors (Lipinski definition) is 2. The molecule has 0 aromatic heterocycles. The second kappa shape index (κ2) is 3.86. The van der Waals surface area contributed by atoms with Crippen molar-refractivity contribution in [1.82, 2.24) is 0 Å². The Morgan fingerprint density at radius 3 is 2.33 bits per heavy atom. The minimum absolute atomic E-state index is 0.264. The minimum atomic E-state index is -4.77. The summed E-state index contributed by atoms with van der Waals surface area (Å²) in [6.07, 6.45) is -4.77. The van der Waals surface area contributed by atoms with Crippen LogP contribution in [0.15, 0.2) is 12.1 Å². The van der Waals surface area contributed by atoms with Gasteiger partial charge in [0.25, 0.3) is 0 Å². The van der Waals surface area contributed by atoms with Crippen molar-refractivity contribution < 1.29 is 22.7 Å². The number of hydrogen-bond acceptors (Lipinski definition) is 2. The molecule has 0 spiro atoms. The number of halogens is 5. The number of nitrogens with two attached hydrogens (primary N) is 1. The molecule has 0 aliphatic rings. The van der Waals surface area contributed by atoms with Crippen molar-refractivity contribution in [3.05, 3.63) is 28.5 Å². The second-order valence-electron chi connectivity index (χ2n) is 2.84. The molecule has 0 fully saturated rings. The topological polar surface area (TPSA) is 46.2 Å². The molecule has 0 amide bonds. The lowest BCUT2D eigenvalue weighted by molar-refractivity contribution is -0.149. The first-order chi connectivity index (χ1) is 6.73. The van der Waals surface area contributed by atoms with Gasteiger partial charge in [0.05, 0.1) is 0 Å². The van der Waals surface area contributed by atoms with Crippen LogP contribution in [0.2, 0.25) is 5.02 Å². The van der Waals surface area contributed by atoms with E-state index in [0.29, 0.717) is 6.07 Å². The van der Waals surface area contributed by atoms with Gasteiger partial charge in [0.15, 0.2) is 11.6 Å². The molecule has 3 N–H and O–H groups in total. The Morgan fingerprint density at radius 2 is 1.87 bits per heavy atom. The lowest BCUT2D eigenvalue weighted by Crippen LogP contribution is -2.28. The molecule has 0 aliphatic carbocycles. The molecule has 0 radical (unpaired) electrons. The van der Waals surface area contributed by atoms with E-state index < -0.39 is 29.3 Å². The predicted octanol–water partition coefficient (Wildman–Crippen LogP) is 2.75. The average Bonchev–Trinajstić information content (AvgIpc) is 2.08. The molecule has 2 nitrogen and oxygen atoms in total. The average molecular weight is 244 g/mol. The van der Waals surface area contributed by atoms with Crippen molar-refractivity contribution in [2.24, 2.45) is 5.73 Å². The molecule has 0 unspecified atom stereocenters. The lowest BCUT2D eigenvalue weighted by Gasteiger charge is -2.17. The first-order valence-corrected chi connectivity index (χ1v) is 4.11. The molecule has 84 valence electrons. The smallest absolute Gasteiger partial charge is 0.407 e. The van der Waals surface area contributed by atoms with Crippen LogP contribution in [-0.2, 0) is 0 Å². The van der Waals surface area contributed by atoms with E-state index in [1.165, 1.54) is 0 Å². The molecule has 1 aromatic carbocycles. The molecule has 1 atom stereocenters. The Kier molecular flexibility index (Phi) is 3.11. The van der Waals surface area contributed by atoms with E-state index in [1.54, 1.807) is 0 Å². The van der Waals surface area contributed by atoms with Crippen LogP contribution in [-0.4, -0.2) is 11.3 Å². The van der Waals surface area contributed by atoms with Crippen molar-refractivity contribution in [2.45, 2.75) is 12.2 Å². The molecule has 15 heavy (non-hydrogen) atoms. The second-order valence-corrected chi connectivity index (χ2v) is 3.28. The van der Waals surface area contributed by atoms with Crippen LogP contribution < -0.4 is 5.73 Å². The summed E-state index contributed by atoms with van der Waals surface area (Å²) in [5, 5.41) is 8.78. The fourth-order valence-electron chi connectivity index (χ4n) is 0.999. The molecule has 0 saturated carbocycles. The number of alkyl halides is 3. The van der Waals surface area contributed by atoms with Crippen LogP contribution in [0.25, 0.3) is 0 Å². The zero-order chi connectivity index (χ0) is 11.8. The van der Waals surface area contributed by atoms with Gasteiger partial charge in [-0.3, -0.25) is 0 Å². The minimum Gasteiger partial charge on any atom is -0.505 e. The van der Waals surface area contributed by atoms with Gasteiger partial charge in [0, 0.05) is 10.6 Å². The quantitative estimate of drug-likeness (QED) is 0.745. The predicted molar refractivity (Wildman–Crippen MR) is 46.1 cm³/mol. The van der Waals surface area contributed by atoms with Gasteiger partial charge in [-0.05, 0) is 12.1 Å². The standard InChI is InChI=1S/C8H6ClF4NO/c9-3-1-4(6(15)5(10)2-3)7(14)8(11,12)13/h1-2,7,15H,14H2/t7-/m1/s1. The first-order valence-electron chi connectivity index (χ1n) is 3.73. The highest BCUT2D eigenvalue weighted by molar-refractivity contribution is 6.30. The summed E-state index contributed by atoms with van der Waals surface area (Å²) >= 11 is 5.34. The fraction of sp³-hybridized carbons (Fsp3) is 0.250. The van der Waals surface area contributed by atoms with E-state index in [2.05, 4.69) is 0 Å². The molecule has 1 aromatic rings. The van der Waals surface area contributed by atoms with Gasteiger partial charge in [-0.15, -0.1) is 0 Å². The zero-order valence-corrected chi connectivity index (χ0v) is 7.90. The van der Waals surface area contributed by atoms with Crippen molar-refractivity contribution >= 4 is 11.6 Å². The lowest BCUT2D eigenvalue weighted by atomic mass is 10.1. The van der Waals surface area contributed by atoms with Gasteiger partial charge in [0.1, 0.15) is 6.04 Å². The summed E-state index contributed by atoms with van der Waals surface area (Å²) in [5.74, 6) is -2.37. The maximum atomic E-state index is 12.8. The van der Waals surface area contributed by atoms with Gasteiger partial charge in [0.2, 0.25) is 0 Å². The number of rotatable bonds is 1. The third-order valence-corrected chi connectivity index (χ3v) is 1.96. The van der Waals surface area contributed by atoms with Crippen LogP contribution in [0.4, 0.5) is 17.6 Å². The fourth-order valence-corrected chi connectivity index (χ4v) is 1.21. The highest BCUT2D eigenvalue weighted by Gasteiger charge is 2.39. The Balaban J connectivity index is 3.25. The largest absolute Gasteiger partial charge is 0.505 e. The Morgan fingerprint density at radius 1 is 1.33 bits per heavy atom. The van der Waals surface area contributed by atoms with Crippen LogP contribution in [0.5, 0.6) is 5.75 Å². The molecule has 0 saturated heterocycles. The van der Waals surface area contributed by atoms with E-state index in [4.69, 9.17) is 22.4 Å². The van der Waals surface area contributed by atoms with Crippen LogP contribution in [0, 0.1) is 5.82 Å². The van der Waals surface area contributed by atoms with Gasteiger partial charge in [-0.2, -0.15) is 13.2 Å². The van der Waals surface area contributed by atoms with Gasteiger partial charge in [-0.1, -0.05) is 11.6 Å². The van der Waals surface area contributed by atoms with Gasteiger partial charge < -0.3 is 10.8 Å².